The van der Waals surface area contributed by atoms with Gasteiger partial charge in [0, 0.05) is 6.54 Å². The van der Waals surface area contributed by atoms with Crippen LogP contribution in [-0.4, -0.2) is 36.9 Å². The molecule has 1 saturated heterocycles. The number of rotatable bonds is 8. The summed E-state index contributed by atoms with van der Waals surface area (Å²) in [6.07, 6.45) is -0.660. The molecule has 3 rings (SSSR count). The molecule has 0 unspecified atom stereocenters. The van der Waals surface area contributed by atoms with Crippen LogP contribution in [0.2, 0.25) is 18.1 Å². The van der Waals surface area contributed by atoms with Gasteiger partial charge in [0.15, 0.2) is 14.4 Å². The summed E-state index contributed by atoms with van der Waals surface area (Å²) >= 11 is 0. The van der Waals surface area contributed by atoms with Crippen molar-refractivity contribution in [3.8, 4) is 0 Å². The number of β-lactam (4-membered cyclic amide) rings is 1. The smallest absolute Gasteiger partial charge is 0.255 e. The SMILES string of the molecule is C[C@H](O[Si](C)(C)C(C)(C)C)[C@]1(C)[C@H](OCc2ccccc2)C(=O)N1Cc1ccccc1. The molecule has 1 heterocycles. The quantitative estimate of drug-likeness (QED) is 0.386. The molecule has 0 aromatic heterocycles. The van der Waals surface area contributed by atoms with Gasteiger partial charge in [0.25, 0.3) is 5.91 Å². The van der Waals surface area contributed by atoms with E-state index in [4.69, 9.17) is 9.16 Å². The van der Waals surface area contributed by atoms with Crippen molar-refractivity contribution in [3.63, 3.8) is 0 Å². The number of carbonyl (C=O) groups excluding carboxylic acids is 1. The summed E-state index contributed by atoms with van der Waals surface area (Å²) in [6.45, 7) is 16.4. The van der Waals surface area contributed by atoms with E-state index in [1.807, 2.05) is 53.4 Å². The fraction of sp³-hybridized carbons (Fsp3) is 0.500. The van der Waals surface area contributed by atoms with E-state index in [9.17, 15) is 4.79 Å². The van der Waals surface area contributed by atoms with E-state index in [0.29, 0.717) is 13.2 Å². The lowest BCUT2D eigenvalue weighted by Gasteiger charge is -2.59. The fourth-order valence-corrected chi connectivity index (χ4v) is 5.36. The number of benzene rings is 2. The Kier molecular flexibility index (Phi) is 6.80. The zero-order valence-electron chi connectivity index (χ0n) is 20.0. The number of amides is 1. The van der Waals surface area contributed by atoms with Crippen LogP contribution in [0.4, 0.5) is 0 Å². The fourth-order valence-electron chi connectivity index (χ4n) is 3.88. The second kappa shape index (κ2) is 8.89. The maximum Gasteiger partial charge on any atom is 0.255 e. The van der Waals surface area contributed by atoms with Gasteiger partial charge in [-0.2, -0.15) is 0 Å². The normalized spacial score (nSPS) is 22.9. The molecule has 0 N–H and O–H groups in total. The van der Waals surface area contributed by atoms with Gasteiger partial charge in [0.05, 0.1) is 12.7 Å². The van der Waals surface area contributed by atoms with Crippen LogP contribution >= 0.6 is 0 Å². The highest BCUT2D eigenvalue weighted by Gasteiger charge is 2.62. The monoisotopic (exact) mass is 439 g/mol. The minimum atomic E-state index is -2.01. The summed E-state index contributed by atoms with van der Waals surface area (Å²) in [5, 5.41) is 0.0933. The van der Waals surface area contributed by atoms with Gasteiger partial charge in [-0.05, 0) is 43.1 Å². The van der Waals surface area contributed by atoms with Crippen molar-refractivity contribution >= 4 is 14.2 Å². The lowest BCUT2D eigenvalue weighted by Crippen LogP contribution is -2.78. The molecule has 1 fully saturated rings. The van der Waals surface area contributed by atoms with E-state index in [0.717, 1.165) is 11.1 Å². The molecule has 0 aliphatic carbocycles. The first kappa shape index (κ1) is 23.7. The summed E-state index contributed by atoms with van der Waals surface area (Å²) in [5.74, 6) is 0.0352. The molecule has 31 heavy (non-hydrogen) atoms. The number of ether oxygens (including phenoxy) is 1. The van der Waals surface area contributed by atoms with E-state index >= 15 is 0 Å². The van der Waals surface area contributed by atoms with Crippen molar-refractivity contribution < 1.29 is 14.0 Å². The summed E-state index contributed by atoms with van der Waals surface area (Å²) in [5.41, 5.74) is 1.65. The molecule has 2 aromatic carbocycles. The predicted molar refractivity (Wildman–Crippen MR) is 128 cm³/mol. The van der Waals surface area contributed by atoms with Crippen LogP contribution in [-0.2, 0) is 27.1 Å². The van der Waals surface area contributed by atoms with Gasteiger partial charge in [0.2, 0.25) is 0 Å². The molecule has 0 spiro atoms. The zero-order chi connectivity index (χ0) is 22.9. The second-order valence-electron chi connectivity index (χ2n) is 10.3. The molecule has 0 bridgehead atoms. The first-order chi connectivity index (χ1) is 14.5. The molecule has 4 nitrogen and oxygen atoms in total. The highest BCUT2D eigenvalue weighted by atomic mass is 28.4. The minimum absolute atomic E-state index is 0.0352. The van der Waals surface area contributed by atoms with Crippen molar-refractivity contribution in [1.82, 2.24) is 4.90 Å². The molecular formula is C26H37NO3Si. The van der Waals surface area contributed by atoms with Gasteiger partial charge in [-0.25, -0.2) is 0 Å². The van der Waals surface area contributed by atoms with Gasteiger partial charge in [-0.3, -0.25) is 4.79 Å². The van der Waals surface area contributed by atoms with E-state index in [2.05, 4.69) is 59.8 Å². The van der Waals surface area contributed by atoms with Gasteiger partial charge in [-0.15, -0.1) is 0 Å². The highest BCUT2D eigenvalue weighted by Crippen LogP contribution is 2.44. The van der Waals surface area contributed by atoms with Crippen molar-refractivity contribution in [2.75, 3.05) is 0 Å². The molecule has 0 saturated carbocycles. The average molecular weight is 440 g/mol. The molecule has 1 amide bonds. The first-order valence-corrected chi connectivity index (χ1v) is 14.1. The molecule has 168 valence electrons. The third-order valence-corrected chi connectivity index (χ3v) is 11.7. The molecule has 1 aliphatic rings. The summed E-state index contributed by atoms with van der Waals surface area (Å²) < 4.78 is 13.0. The third-order valence-electron chi connectivity index (χ3n) is 7.15. The Hall–Kier alpha value is -1.95. The van der Waals surface area contributed by atoms with Gasteiger partial charge < -0.3 is 14.1 Å². The number of nitrogens with zero attached hydrogens (tertiary/aromatic N) is 1. The number of hydrogen-bond donors (Lipinski definition) is 0. The van der Waals surface area contributed by atoms with Crippen LogP contribution in [0.5, 0.6) is 0 Å². The Bertz CT molecular complexity index is 879. The topological polar surface area (TPSA) is 38.8 Å². The van der Waals surface area contributed by atoms with Crippen LogP contribution in [0.15, 0.2) is 60.7 Å². The van der Waals surface area contributed by atoms with E-state index in [1.165, 1.54) is 0 Å². The first-order valence-electron chi connectivity index (χ1n) is 11.2. The van der Waals surface area contributed by atoms with Crippen LogP contribution in [0, 0.1) is 0 Å². The van der Waals surface area contributed by atoms with Crippen molar-refractivity contribution in [3.05, 3.63) is 71.8 Å². The maximum atomic E-state index is 13.2. The summed E-state index contributed by atoms with van der Waals surface area (Å²) in [6, 6.07) is 20.2. The Morgan fingerprint density at radius 1 is 1.00 bits per heavy atom. The van der Waals surface area contributed by atoms with Crippen LogP contribution < -0.4 is 0 Å². The molecule has 3 atom stereocenters. The largest absolute Gasteiger partial charge is 0.412 e. The summed E-state index contributed by atoms with van der Waals surface area (Å²) in [4.78, 5) is 15.2. The number of carbonyl (C=O) groups is 1. The Morgan fingerprint density at radius 2 is 1.52 bits per heavy atom. The number of likely N-dealkylation sites (tertiary alicyclic amines) is 1. The predicted octanol–water partition coefficient (Wildman–Crippen LogP) is 5.78. The molecule has 2 aromatic rings. The highest BCUT2D eigenvalue weighted by molar-refractivity contribution is 6.74. The van der Waals surface area contributed by atoms with Crippen molar-refractivity contribution in [1.29, 1.82) is 0 Å². The minimum Gasteiger partial charge on any atom is -0.412 e. The summed E-state index contributed by atoms with van der Waals surface area (Å²) in [7, 11) is -2.01. The molecule has 5 heteroatoms. The van der Waals surface area contributed by atoms with Gasteiger partial charge in [-0.1, -0.05) is 81.4 Å². The average Bonchev–Trinajstić information content (AvgIpc) is 2.72. The molecule has 1 aliphatic heterocycles. The number of hydrogen-bond acceptors (Lipinski definition) is 3. The Morgan fingerprint density at radius 3 is 2.03 bits per heavy atom. The molecular weight excluding hydrogens is 402 g/mol. The van der Waals surface area contributed by atoms with Crippen molar-refractivity contribution in [2.24, 2.45) is 0 Å². The Labute approximate surface area is 188 Å². The lowest BCUT2D eigenvalue weighted by atomic mass is 9.77. The van der Waals surface area contributed by atoms with Crippen LogP contribution in [0.25, 0.3) is 0 Å². The van der Waals surface area contributed by atoms with E-state index in [-0.39, 0.29) is 17.0 Å². The third kappa shape index (κ3) is 4.79. The van der Waals surface area contributed by atoms with E-state index in [1.54, 1.807) is 0 Å². The van der Waals surface area contributed by atoms with Crippen LogP contribution in [0.1, 0.15) is 45.7 Å². The lowest BCUT2D eigenvalue weighted by molar-refractivity contribution is -0.211. The standard InChI is InChI=1S/C26H37NO3Si/c1-20(30-31(6,7)25(2,3)4)26(5)23(29-19-22-16-12-9-13-17-22)24(28)27(26)18-21-14-10-8-11-15-21/h8-17,20,23H,18-19H2,1-7H3/t20-,23+,26+/m0/s1. The zero-order valence-corrected chi connectivity index (χ0v) is 21.0. The van der Waals surface area contributed by atoms with E-state index < -0.39 is 20.0 Å². The van der Waals surface area contributed by atoms with Crippen LogP contribution in [0.3, 0.4) is 0 Å². The van der Waals surface area contributed by atoms with Gasteiger partial charge >= 0.3 is 0 Å². The van der Waals surface area contributed by atoms with Gasteiger partial charge in [0.1, 0.15) is 5.54 Å². The molecule has 0 radical (unpaired) electrons. The second-order valence-corrected chi connectivity index (χ2v) is 15.1. The van der Waals surface area contributed by atoms with Crippen molar-refractivity contribution in [2.45, 2.75) is 83.6 Å². The maximum absolute atomic E-state index is 13.2. The Balaban J connectivity index is 1.84.